The summed E-state index contributed by atoms with van der Waals surface area (Å²) in [5, 5.41) is 0. The number of carbonyl (C=O) groups excluding carboxylic acids is 1. The maximum Gasteiger partial charge on any atom is 0.356 e. The first-order chi connectivity index (χ1) is 10.4. The quantitative estimate of drug-likeness (QED) is 0.483. The number of carbonyl (C=O) groups is 1. The average Bonchev–Trinajstić information content (AvgIpc) is 2.52. The van der Waals surface area contributed by atoms with Crippen LogP contribution in [0.4, 0.5) is 0 Å². The standard InChI is InChI=1S/C17H15NO3S/c1-21-17(19)15-11-9-13(12-18-15)8-10-14-6-4-5-7-16(14)22(2,3)20/h4-7,9,11-12H,2H2,1,3H3. The fraction of sp³-hybridized carbons (Fsp3) is 0.118. The summed E-state index contributed by atoms with van der Waals surface area (Å²) in [5.74, 6) is 9.11. The monoisotopic (exact) mass is 313 g/mol. The summed E-state index contributed by atoms with van der Waals surface area (Å²) in [7, 11) is -1.04. The van der Waals surface area contributed by atoms with Crippen LogP contribution in [0.3, 0.4) is 0 Å². The van der Waals surface area contributed by atoms with Gasteiger partial charge in [0.2, 0.25) is 0 Å². The number of aromatic nitrogens is 1. The van der Waals surface area contributed by atoms with Crippen molar-refractivity contribution >= 4 is 21.4 Å². The Morgan fingerprint density at radius 3 is 2.55 bits per heavy atom. The number of methoxy groups -OCH3 is 1. The summed E-state index contributed by atoms with van der Waals surface area (Å²) < 4.78 is 16.7. The molecule has 0 N–H and O–H groups in total. The van der Waals surface area contributed by atoms with Crippen LogP contribution in [-0.4, -0.2) is 34.4 Å². The number of pyridine rings is 1. The molecule has 22 heavy (non-hydrogen) atoms. The number of esters is 1. The minimum absolute atomic E-state index is 0.225. The summed E-state index contributed by atoms with van der Waals surface area (Å²) in [6.07, 6.45) is 3.08. The predicted molar refractivity (Wildman–Crippen MR) is 87.5 cm³/mol. The van der Waals surface area contributed by atoms with E-state index in [4.69, 9.17) is 0 Å². The molecule has 0 saturated heterocycles. The first-order valence-corrected chi connectivity index (χ1v) is 8.53. The molecule has 0 radical (unpaired) electrons. The third-order valence-electron chi connectivity index (χ3n) is 2.85. The van der Waals surface area contributed by atoms with E-state index in [1.165, 1.54) is 13.3 Å². The van der Waals surface area contributed by atoms with Gasteiger partial charge in [0.25, 0.3) is 0 Å². The second kappa shape index (κ2) is 6.46. The highest BCUT2D eigenvalue weighted by atomic mass is 32.2. The third-order valence-corrected chi connectivity index (χ3v) is 4.14. The molecule has 5 heteroatoms. The maximum atomic E-state index is 12.1. The van der Waals surface area contributed by atoms with Crippen LogP contribution in [0.5, 0.6) is 0 Å². The smallest absolute Gasteiger partial charge is 0.356 e. The van der Waals surface area contributed by atoms with Crippen molar-refractivity contribution in [2.24, 2.45) is 0 Å². The van der Waals surface area contributed by atoms with Crippen LogP contribution in [0.15, 0.2) is 47.5 Å². The number of hydrogen-bond acceptors (Lipinski definition) is 4. The molecule has 1 aromatic heterocycles. The molecule has 0 amide bonds. The molecular formula is C17H15NO3S. The minimum Gasteiger partial charge on any atom is -0.464 e. The lowest BCUT2D eigenvalue weighted by molar-refractivity contribution is 0.0594. The molecule has 0 aliphatic carbocycles. The Hall–Kier alpha value is -2.58. The molecule has 1 atom stereocenters. The Labute approximate surface area is 130 Å². The highest BCUT2D eigenvalue weighted by molar-refractivity contribution is 7.99. The summed E-state index contributed by atoms with van der Waals surface area (Å²) in [6, 6.07) is 10.4. The van der Waals surface area contributed by atoms with Gasteiger partial charge in [-0.2, -0.15) is 0 Å². The van der Waals surface area contributed by atoms with Crippen LogP contribution >= 0.6 is 0 Å². The van der Waals surface area contributed by atoms with E-state index in [0.717, 1.165) is 0 Å². The van der Waals surface area contributed by atoms with Crippen molar-refractivity contribution in [3.8, 4) is 11.8 Å². The van der Waals surface area contributed by atoms with Gasteiger partial charge in [0, 0.05) is 28.5 Å². The van der Waals surface area contributed by atoms with E-state index in [2.05, 4.69) is 27.4 Å². The zero-order chi connectivity index (χ0) is 16.2. The topological polar surface area (TPSA) is 56.3 Å². The Bertz CT molecular complexity index is 857. The van der Waals surface area contributed by atoms with Gasteiger partial charge in [-0.25, -0.2) is 9.78 Å². The molecule has 1 heterocycles. The fourth-order valence-corrected chi connectivity index (χ4v) is 2.73. The fourth-order valence-electron chi connectivity index (χ4n) is 1.78. The van der Waals surface area contributed by atoms with Gasteiger partial charge in [-0.05, 0) is 39.7 Å². The molecule has 2 rings (SSSR count). The van der Waals surface area contributed by atoms with Gasteiger partial charge in [-0.15, -0.1) is 0 Å². The Kier molecular flexibility index (Phi) is 4.64. The van der Waals surface area contributed by atoms with Crippen molar-refractivity contribution in [3.05, 3.63) is 59.4 Å². The number of hydrogen-bond donors (Lipinski definition) is 0. The van der Waals surface area contributed by atoms with E-state index in [1.54, 1.807) is 30.5 Å². The molecule has 0 fully saturated rings. The lowest BCUT2D eigenvalue weighted by Crippen LogP contribution is -2.03. The molecule has 1 aromatic carbocycles. The van der Waals surface area contributed by atoms with E-state index >= 15 is 0 Å². The summed E-state index contributed by atoms with van der Waals surface area (Å²) in [5.41, 5.74) is 1.54. The maximum absolute atomic E-state index is 12.1. The summed E-state index contributed by atoms with van der Waals surface area (Å²) in [4.78, 5) is 15.9. The van der Waals surface area contributed by atoms with Crippen LogP contribution in [0.2, 0.25) is 0 Å². The normalized spacial score (nSPS) is 12.6. The first-order valence-electron chi connectivity index (χ1n) is 6.39. The highest BCUT2D eigenvalue weighted by Crippen LogP contribution is 2.14. The van der Waals surface area contributed by atoms with E-state index in [1.807, 2.05) is 12.1 Å². The van der Waals surface area contributed by atoms with E-state index in [-0.39, 0.29) is 5.69 Å². The van der Waals surface area contributed by atoms with E-state index in [0.29, 0.717) is 16.0 Å². The van der Waals surface area contributed by atoms with Crippen molar-refractivity contribution in [3.63, 3.8) is 0 Å². The van der Waals surface area contributed by atoms with Gasteiger partial charge in [0.15, 0.2) is 0 Å². The lowest BCUT2D eigenvalue weighted by Gasteiger charge is -2.04. The summed E-state index contributed by atoms with van der Waals surface area (Å²) in [6.45, 7) is 0. The molecule has 0 aliphatic heterocycles. The van der Waals surface area contributed by atoms with Crippen molar-refractivity contribution in [2.75, 3.05) is 13.4 Å². The lowest BCUT2D eigenvalue weighted by atomic mass is 10.2. The molecular weight excluding hydrogens is 298 g/mol. The van der Waals surface area contributed by atoms with Crippen LogP contribution in [-0.2, 0) is 14.3 Å². The van der Waals surface area contributed by atoms with Crippen molar-refractivity contribution in [2.45, 2.75) is 4.90 Å². The van der Waals surface area contributed by atoms with E-state index in [9.17, 15) is 9.00 Å². The highest BCUT2D eigenvalue weighted by Gasteiger charge is 2.06. The average molecular weight is 313 g/mol. The molecule has 0 bridgehead atoms. The third kappa shape index (κ3) is 3.74. The Balaban J connectivity index is 2.34. The van der Waals surface area contributed by atoms with Crippen LogP contribution < -0.4 is 0 Å². The largest absolute Gasteiger partial charge is 0.464 e. The van der Waals surface area contributed by atoms with Crippen molar-refractivity contribution in [1.82, 2.24) is 4.98 Å². The van der Waals surface area contributed by atoms with Crippen LogP contribution in [0, 0.1) is 11.8 Å². The zero-order valence-electron chi connectivity index (χ0n) is 12.3. The van der Waals surface area contributed by atoms with Crippen molar-refractivity contribution in [1.29, 1.82) is 0 Å². The second-order valence-corrected chi connectivity index (χ2v) is 7.12. The molecule has 112 valence electrons. The summed E-state index contributed by atoms with van der Waals surface area (Å²) >= 11 is 0. The Morgan fingerprint density at radius 1 is 1.23 bits per heavy atom. The van der Waals surface area contributed by atoms with Gasteiger partial charge < -0.3 is 4.74 Å². The van der Waals surface area contributed by atoms with Gasteiger partial charge >= 0.3 is 5.97 Å². The van der Waals surface area contributed by atoms with Gasteiger partial charge in [-0.1, -0.05) is 24.0 Å². The predicted octanol–water partition coefficient (Wildman–Crippen LogP) is 1.97. The number of ether oxygens (including phenoxy) is 1. The van der Waals surface area contributed by atoms with Gasteiger partial charge in [0.1, 0.15) is 5.69 Å². The number of benzene rings is 1. The van der Waals surface area contributed by atoms with Crippen LogP contribution in [0.1, 0.15) is 21.6 Å². The van der Waals surface area contributed by atoms with Crippen LogP contribution in [0.25, 0.3) is 0 Å². The molecule has 2 aromatic rings. The van der Waals surface area contributed by atoms with Gasteiger partial charge in [0.05, 0.1) is 7.11 Å². The zero-order valence-corrected chi connectivity index (χ0v) is 13.1. The first kappa shape index (κ1) is 15.8. The molecule has 0 aliphatic rings. The van der Waals surface area contributed by atoms with Gasteiger partial charge in [-0.3, -0.25) is 4.21 Å². The minimum atomic E-state index is -2.34. The Morgan fingerprint density at radius 2 is 1.95 bits per heavy atom. The number of rotatable bonds is 2. The SMILES string of the molecule is C=S(C)(=O)c1ccccc1C#Cc1ccc(C(=O)OC)nc1. The molecule has 1 unspecified atom stereocenters. The molecule has 4 nitrogen and oxygen atoms in total. The number of nitrogens with zero attached hydrogens (tertiary/aromatic N) is 1. The molecule has 0 saturated carbocycles. The van der Waals surface area contributed by atoms with Crippen molar-refractivity contribution < 1.29 is 13.7 Å². The molecule has 0 spiro atoms. The van der Waals surface area contributed by atoms with E-state index < -0.39 is 15.5 Å². The second-order valence-electron chi connectivity index (χ2n) is 4.67.